The molecule has 0 spiro atoms. The summed E-state index contributed by atoms with van der Waals surface area (Å²) in [5, 5.41) is 18.3. The van der Waals surface area contributed by atoms with Crippen LogP contribution in [0.2, 0.25) is 0 Å². The second-order valence-corrected chi connectivity index (χ2v) is 6.43. The molecule has 2 rings (SSSR count). The summed E-state index contributed by atoms with van der Waals surface area (Å²) in [6.07, 6.45) is 7.47. The first kappa shape index (κ1) is 14.5. The van der Waals surface area contributed by atoms with Gasteiger partial charge in [0.2, 0.25) is 0 Å². The maximum Gasteiger partial charge on any atom is 0.102 e. The molecule has 4 unspecified atom stereocenters. The van der Waals surface area contributed by atoms with E-state index in [1.54, 1.807) is 10.9 Å². The third-order valence-corrected chi connectivity index (χ3v) is 4.74. The molecule has 0 radical (unpaired) electrons. The zero-order valence-corrected chi connectivity index (χ0v) is 12.6. The number of nitrogens with one attached hydrogen (secondary N) is 1. The lowest BCUT2D eigenvalue weighted by Gasteiger charge is -2.36. The Labute approximate surface area is 116 Å². The number of rotatable bonds is 4. The van der Waals surface area contributed by atoms with Crippen molar-refractivity contribution in [3.63, 3.8) is 0 Å². The van der Waals surface area contributed by atoms with Gasteiger partial charge in [-0.2, -0.15) is 5.10 Å². The lowest BCUT2D eigenvalue weighted by atomic mass is 9.78. The smallest absolute Gasteiger partial charge is 0.102 e. The lowest BCUT2D eigenvalue weighted by Crippen LogP contribution is -2.46. The van der Waals surface area contributed by atoms with Gasteiger partial charge in [-0.1, -0.05) is 26.7 Å². The summed E-state index contributed by atoms with van der Waals surface area (Å²) in [7, 11) is 1.87. The van der Waals surface area contributed by atoms with Gasteiger partial charge in [0.15, 0.2) is 0 Å². The van der Waals surface area contributed by atoms with Gasteiger partial charge in [0.25, 0.3) is 0 Å². The quantitative estimate of drug-likeness (QED) is 0.876. The van der Waals surface area contributed by atoms with Crippen LogP contribution >= 0.6 is 0 Å². The second kappa shape index (κ2) is 5.63. The van der Waals surface area contributed by atoms with Crippen molar-refractivity contribution in [2.75, 3.05) is 6.54 Å². The average Bonchev–Trinajstić information content (AvgIpc) is 2.79. The number of hydrogen-bond acceptors (Lipinski definition) is 3. The maximum atomic E-state index is 10.6. The molecule has 19 heavy (non-hydrogen) atoms. The first-order valence-electron chi connectivity index (χ1n) is 7.35. The molecule has 4 nitrogen and oxygen atoms in total. The molecule has 0 saturated heterocycles. The normalized spacial score (nSPS) is 31.1. The van der Waals surface area contributed by atoms with E-state index in [2.05, 4.69) is 24.3 Å². The summed E-state index contributed by atoms with van der Waals surface area (Å²) >= 11 is 0. The molecule has 1 aromatic rings. The van der Waals surface area contributed by atoms with Crippen molar-refractivity contribution in [3.05, 3.63) is 18.0 Å². The lowest BCUT2D eigenvalue weighted by molar-refractivity contribution is 0.0468. The van der Waals surface area contributed by atoms with Gasteiger partial charge in [-0.15, -0.1) is 0 Å². The molecule has 1 aliphatic carbocycles. The third kappa shape index (κ3) is 3.37. The van der Waals surface area contributed by atoms with E-state index in [0.717, 1.165) is 11.5 Å². The predicted molar refractivity (Wildman–Crippen MR) is 76.7 cm³/mol. The third-order valence-electron chi connectivity index (χ3n) is 4.74. The highest BCUT2D eigenvalue weighted by molar-refractivity contribution is 5.14. The van der Waals surface area contributed by atoms with E-state index in [1.165, 1.54) is 19.3 Å². The molecule has 0 aromatic carbocycles. The fraction of sp³-hybridized carbons (Fsp3) is 0.800. The molecule has 1 aromatic heterocycles. The van der Waals surface area contributed by atoms with Gasteiger partial charge in [0.05, 0.1) is 6.20 Å². The minimum absolute atomic E-state index is 0.520. The number of nitrogens with zero attached hydrogens (tertiary/aromatic N) is 2. The van der Waals surface area contributed by atoms with E-state index >= 15 is 0 Å². The van der Waals surface area contributed by atoms with Crippen LogP contribution in [0.4, 0.5) is 0 Å². The molecule has 2 N–H and O–H groups in total. The van der Waals surface area contributed by atoms with Crippen molar-refractivity contribution >= 4 is 0 Å². The minimum Gasteiger partial charge on any atom is -0.384 e. The Balaban J connectivity index is 1.94. The Bertz CT molecular complexity index is 413. The molecule has 4 atom stereocenters. The van der Waals surface area contributed by atoms with Crippen molar-refractivity contribution in [2.45, 2.75) is 51.7 Å². The van der Waals surface area contributed by atoms with Crippen molar-refractivity contribution in [3.8, 4) is 0 Å². The number of hydrogen-bond donors (Lipinski definition) is 2. The molecule has 1 fully saturated rings. The molecule has 1 saturated carbocycles. The van der Waals surface area contributed by atoms with E-state index in [-0.39, 0.29) is 0 Å². The predicted octanol–water partition coefficient (Wildman–Crippen LogP) is 2.04. The molecule has 0 bridgehead atoms. The summed E-state index contributed by atoms with van der Waals surface area (Å²) in [6, 6.07) is 0.520. The number of aromatic nitrogens is 2. The van der Waals surface area contributed by atoms with Crippen molar-refractivity contribution < 1.29 is 5.11 Å². The van der Waals surface area contributed by atoms with Crippen LogP contribution in [0, 0.1) is 11.8 Å². The highest BCUT2D eigenvalue weighted by atomic mass is 16.3. The minimum atomic E-state index is -0.853. The van der Waals surface area contributed by atoms with E-state index in [0.29, 0.717) is 18.5 Å². The number of aliphatic hydroxyl groups is 1. The zero-order chi connectivity index (χ0) is 14.0. The maximum absolute atomic E-state index is 10.6. The standard InChI is InChI=1S/C15H27N3O/c1-11-6-5-7-14(12(11)2)16-10-15(3,19)13-8-17-18(4)9-13/h8-9,11-12,14,16,19H,5-7,10H2,1-4H3. The van der Waals surface area contributed by atoms with E-state index in [1.807, 2.05) is 20.2 Å². The van der Waals surface area contributed by atoms with Crippen LogP contribution in [0.25, 0.3) is 0 Å². The summed E-state index contributed by atoms with van der Waals surface area (Å²) in [5.74, 6) is 1.45. The molecule has 0 aliphatic heterocycles. The van der Waals surface area contributed by atoms with Gasteiger partial charge in [-0.25, -0.2) is 0 Å². The summed E-state index contributed by atoms with van der Waals surface area (Å²) in [5.41, 5.74) is 0.0216. The van der Waals surface area contributed by atoms with E-state index < -0.39 is 5.60 Å². The fourth-order valence-electron chi connectivity index (χ4n) is 3.00. The van der Waals surface area contributed by atoms with Crippen LogP contribution in [0.5, 0.6) is 0 Å². The largest absolute Gasteiger partial charge is 0.384 e. The number of aryl methyl sites for hydroxylation is 1. The molecule has 0 amide bonds. The van der Waals surface area contributed by atoms with Crippen LogP contribution < -0.4 is 5.32 Å². The van der Waals surface area contributed by atoms with Gasteiger partial charge < -0.3 is 10.4 Å². The van der Waals surface area contributed by atoms with Gasteiger partial charge in [0.1, 0.15) is 5.60 Å². The Morgan fingerprint density at radius 2 is 2.21 bits per heavy atom. The van der Waals surface area contributed by atoms with Gasteiger partial charge in [0, 0.05) is 31.4 Å². The van der Waals surface area contributed by atoms with Crippen LogP contribution in [0.3, 0.4) is 0 Å². The van der Waals surface area contributed by atoms with E-state index in [4.69, 9.17) is 0 Å². The monoisotopic (exact) mass is 265 g/mol. The SMILES string of the molecule is CC1CCCC(NCC(C)(O)c2cnn(C)c2)C1C. The molecule has 4 heteroatoms. The van der Waals surface area contributed by atoms with Gasteiger partial charge in [-0.05, 0) is 25.2 Å². The van der Waals surface area contributed by atoms with Gasteiger partial charge in [-0.3, -0.25) is 4.68 Å². The van der Waals surface area contributed by atoms with Crippen LogP contribution in [-0.2, 0) is 12.6 Å². The Kier molecular flexibility index (Phi) is 4.31. The zero-order valence-electron chi connectivity index (χ0n) is 12.6. The average molecular weight is 265 g/mol. The second-order valence-electron chi connectivity index (χ2n) is 6.43. The highest BCUT2D eigenvalue weighted by Crippen LogP contribution is 2.30. The van der Waals surface area contributed by atoms with Crippen LogP contribution in [0.15, 0.2) is 12.4 Å². The van der Waals surface area contributed by atoms with Crippen molar-refractivity contribution in [1.82, 2.24) is 15.1 Å². The van der Waals surface area contributed by atoms with Crippen molar-refractivity contribution in [1.29, 1.82) is 0 Å². The summed E-state index contributed by atoms with van der Waals surface area (Å²) in [6.45, 7) is 7.09. The Hall–Kier alpha value is -0.870. The first-order valence-corrected chi connectivity index (χ1v) is 7.35. The van der Waals surface area contributed by atoms with E-state index in [9.17, 15) is 5.11 Å². The molecule has 108 valence electrons. The Morgan fingerprint density at radius 3 is 2.84 bits per heavy atom. The summed E-state index contributed by atoms with van der Waals surface area (Å²) < 4.78 is 1.73. The van der Waals surface area contributed by atoms with Crippen molar-refractivity contribution in [2.24, 2.45) is 18.9 Å². The Morgan fingerprint density at radius 1 is 1.47 bits per heavy atom. The summed E-state index contributed by atoms with van der Waals surface area (Å²) in [4.78, 5) is 0. The fourth-order valence-corrected chi connectivity index (χ4v) is 3.00. The van der Waals surface area contributed by atoms with Crippen LogP contribution in [0.1, 0.15) is 45.6 Å². The molecular weight excluding hydrogens is 238 g/mol. The first-order chi connectivity index (χ1) is 8.90. The topological polar surface area (TPSA) is 50.1 Å². The molecular formula is C15H27N3O. The molecule has 1 heterocycles. The van der Waals surface area contributed by atoms with Crippen LogP contribution in [-0.4, -0.2) is 27.5 Å². The molecule has 1 aliphatic rings. The van der Waals surface area contributed by atoms with Gasteiger partial charge >= 0.3 is 0 Å². The highest BCUT2D eigenvalue weighted by Gasteiger charge is 2.30.